The SMILES string of the molecule is C[C@@H]1CCCN1CCN1CCc2cc(-c3ccc4c(c3)CCN=C4)ccc2C1. The minimum Gasteiger partial charge on any atom is -0.299 e. The third-order valence-electron chi connectivity index (χ3n) is 6.91. The van der Waals surface area contributed by atoms with E-state index < -0.39 is 0 Å². The number of nitrogens with zero attached hydrogens (tertiary/aromatic N) is 3. The van der Waals surface area contributed by atoms with E-state index in [-0.39, 0.29) is 0 Å². The van der Waals surface area contributed by atoms with Crippen molar-refractivity contribution in [3.8, 4) is 11.1 Å². The highest BCUT2D eigenvalue weighted by molar-refractivity contribution is 5.84. The normalized spacial score (nSPS) is 22.2. The van der Waals surface area contributed by atoms with Crippen LogP contribution in [0.5, 0.6) is 0 Å². The number of rotatable bonds is 4. The molecule has 0 spiro atoms. The van der Waals surface area contributed by atoms with Crippen molar-refractivity contribution in [3.05, 3.63) is 58.7 Å². The lowest BCUT2D eigenvalue weighted by molar-refractivity contribution is 0.189. The zero-order chi connectivity index (χ0) is 18.9. The van der Waals surface area contributed by atoms with Gasteiger partial charge in [0.15, 0.2) is 0 Å². The van der Waals surface area contributed by atoms with Crippen LogP contribution in [0.1, 0.15) is 42.0 Å². The third kappa shape index (κ3) is 3.66. The summed E-state index contributed by atoms with van der Waals surface area (Å²) in [6, 6.07) is 14.8. The molecule has 3 aliphatic rings. The summed E-state index contributed by atoms with van der Waals surface area (Å²) in [4.78, 5) is 9.71. The fourth-order valence-electron chi connectivity index (χ4n) is 5.05. The van der Waals surface area contributed by atoms with Crippen molar-refractivity contribution in [2.75, 3.05) is 32.7 Å². The van der Waals surface area contributed by atoms with Crippen molar-refractivity contribution in [2.45, 2.75) is 45.2 Å². The Balaban J connectivity index is 1.27. The minimum atomic E-state index is 0.780. The fourth-order valence-corrected chi connectivity index (χ4v) is 5.05. The van der Waals surface area contributed by atoms with Crippen LogP contribution in [-0.4, -0.2) is 54.8 Å². The Morgan fingerprint density at radius 3 is 2.64 bits per heavy atom. The molecule has 0 bridgehead atoms. The summed E-state index contributed by atoms with van der Waals surface area (Å²) in [7, 11) is 0. The molecular formula is C25H31N3. The summed E-state index contributed by atoms with van der Waals surface area (Å²) in [5.74, 6) is 0. The molecule has 1 fully saturated rings. The minimum absolute atomic E-state index is 0.780. The first-order valence-electron chi connectivity index (χ1n) is 11.0. The van der Waals surface area contributed by atoms with Gasteiger partial charge in [-0.3, -0.25) is 14.8 Å². The monoisotopic (exact) mass is 373 g/mol. The van der Waals surface area contributed by atoms with Gasteiger partial charge in [0.05, 0.1) is 0 Å². The van der Waals surface area contributed by atoms with Crippen LogP contribution in [-0.2, 0) is 19.4 Å². The summed E-state index contributed by atoms with van der Waals surface area (Å²) in [5.41, 5.74) is 8.51. The molecule has 0 amide bonds. The molecule has 3 aliphatic heterocycles. The Bertz CT molecular complexity index is 885. The lowest BCUT2D eigenvalue weighted by atomic mass is 9.92. The second-order valence-electron chi connectivity index (χ2n) is 8.74. The highest BCUT2D eigenvalue weighted by atomic mass is 15.2. The lowest BCUT2D eigenvalue weighted by Gasteiger charge is -2.31. The summed E-state index contributed by atoms with van der Waals surface area (Å²) >= 11 is 0. The Labute approximate surface area is 169 Å². The number of hydrogen-bond acceptors (Lipinski definition) is 3. The second-order valence-corrected chi connectivity index (χ2v) is 8.74. The summed E-state index contributed by atoms with van der Waals surface area (Å²) in [6.07, 6.45) is 7.02. The van der Waals surface area contributed by atoms with Gasteiger partial charge >= 0.3 is 0 Å². The van der Waals surface area contributed by atoms with E-state index >= 15 is 0 Å². The summed E-state index contributed by atoms with van der Waals surface area (Å²) < 4.78 is 0. The van der Waals surface area contributed by atoms with Gasteiger partial charge in [-0.2, -0.15) is 0 Å². The van der Waals surface area contributed by atoms with Gasteiger partial charge in [-0.25, -0.2) is 0 Å². The van der Waals surface area contributed by atoms with Gasteiger partial charge in [-0.1, -0.05) is 36.4 Å². The molecule has 2 aromatic rings. The van der Waals surface area contributed by atoms with Crippen LogP contribution in [0.25, 0.3) is 11.1 Å². The second kappa shape index (κ2) is 7.81. The van der Waals surface area contributed by atoms with Gasteiger partial charge in [0, 0.05) is 45.0 Å². The van der Waals surface area contributed by atoms with E-state index in [9.17, 15) is 0 Å². The van der Waals surface area contributed by atoms with E-state index in [1.54, 1.807) is 5.56 Å². The van der Waals surface area contributed by atoms with Gasteiger partial charge in [0.2, 0.25) is 0 Å². The van der Waals surface area contributed by atoms with E-state index in [0.717, 1.165) is 25.6 Å². The highest BCUT2D eigenvalue weighted by Crippen LogP contribution is 2.28. The molecule has 0 aliphatic carbocycles. The third-order valence-corrected chi connectivity index (χ3v) is 6.91. The van der Waals surface area contributed by atoms with Crippen molar-refractivity contribution in [1.82, 2.24) is 9.80 Å². The molecule has 1 saturated heterocycles. The van der Waals surface area contributed by atoms with Crippen LogP contribution in [0.4, 0.5) is 0 Å². The van der Waals surface area contributed by atoms with Crippen molar-refractivity contribution in [2.24, 2.45) is 4.99 Å². The van der Waals surface area contributed by atoms with Crippen molar-refractivity contribution in [3.63, 3.8) is 0 Å². The molecule has 0 aromatic heterocycles. The maximum Gasteiger partial charge on any atom is 0.0430 e. The molecule has 0 saturated carbocycles. The van der Waals surface area contributed by atoms with Crippen LogP contribution in [0.3, 0.4) is 0 Å². The molecule has 3 nitrogen and oxygen atoms in total. The zero-order valence-corrected chi connectivity index (χ0v) is 17.0. The van der Waals surface area contributed by atoms with Crippen LogP contribution < -0.4 is 0 Å². The van der Waals surface area contributed by atoms with Gasteiger partial charge in [-0.05, 0) is 72.5 Å². The number of hydrogen-bond donors (Lipinski definition) is 0. The smallest absolute Gasteiger partial charge is 0.0430 e. The van der Waals surface area contributed by atoms with E-state index in [4.69, 9.17) is 0 Å². The largest absolute Gasteiger partial charge is 0.299 e. The molecular weight excluding hydrogens is 342 g/mol. The quantitative estimate of drug-likeness (QED) is 0.801. The van der Waals surface area contributed by atoms with Gasteiger partial charge < -0.3 is 0 Å². The Morgan fingerprint density at radius 1 is 0.929 bits per heavy atom. The van der Waals surface area contributed by atoms with Crippen LogP contribution in [0.15, 0.2) is 41.4 Å². The maximum absolute atomic E-state index is 4.40. The molecule has 28 heavy (non-hydrogen) atoms. The van der Waals surface area contributed by atoms with E-state index in [1.165, 1.54) is 73.3 Å². The zero-order valence-electron chi connectivity index (χ0n) is 17.0. The van der Waals surface area contributed by atoms with E-state index in [0.29, 0.717) is 0 Å². The number of benzene rings is 2. The molecule has 3 heterocycles. The number of likely N-dealkylation sites (tertiary alicyclic amines) is 1. The van der Waals surface area contributed by atoms with E-state index in [1.807, 2.05) is 6.21 Å². The lowest BCUT2D eigenvalue weighted by Crippen LogP contribution is -2.39. The van der Waals surface area contributed by atoms with Gasteiger partial charge in [0.25, 0.3) is 0 Å². The standard InChI is InChI=1S/C25H31N3/c1-19-3-2-11-28(19)14-13-27-12-9-23-16-21(5-7-25(23)18-27)20-4-6-24-17-26-10-8-22(24)15-20/h4-7,15-17,19H,2-3,8-14,18H2,1H3/t19-/m1/s1. The molecule has 146 valence electrons. The Kier molecular flexibility index (Phi) is 5.04. The first-order valence-corrected chi connectivity index (χ1v) is 11.0. The Hall–Kier alpha value is -1.97. The molecule has 5 rings (SSSR count). The van der Waals surface area contributed by atoms with Gasteiger partial charge in [-0.15, -0.1) is 0 Å². The first kappa shape index (κ1) is 18.1. The number of aliphatic imine (C=N–C) groups is 1. The molecule has 1 atom stereocenters. The first-order chi connectivity index (χ1) is 13.8. The summed E-state index contributed by atoms with van der Waals surface area (Å²) in [5, 5.41) is 0. The molecule has 0 N–H and O–H groups in total. The molecule has 0 radical (unpaired) electrons. The summed E-state index contributed by atoms with van der Waals surface area (Å²) in [6.45, 7) is 9.34. The fraction of sp³-hybridized carbons (Fsp3) is 0.480. The van der Waals surface area contributed by atoms with Crippen molar-refractivity contribution >= 4 is 6.21 Å². The topological polar surface area (TPSA) is 18.8 Å². The predicted molar refractivity (Wildman–Crippen MR) is 117 cm³/mol. The van der Waals surface area contributed by atoms with Gasteiger partial charge in [0.1, 0.15) is 0 Å². The average Bonchev–Trinajstić information content (AvgIpc) is 3.16. The van der Waals surface area contributed by atoms with Crippen molar-refractivity contribution < 1.29 is 0 Å². The molecule has 3 heteroatoms. The van der Waals surface area contributed by atoms with Crippen LogP contribution >= 0.6 is 0 Å². The van der Waals surface area contributed by atoms with Crippen LogP contribution in [0.2, 0.25) is 0 Å². The van der Waals surface area contributed by atoms with Crippen molar-refractivity contribution in [1.29, 1.82) is 0 Å². The Morgan fingerprint density at radius 2 is 1.79 bits per heavy atom. The predicted octanol–water partition coefficient (Wildman–Crippen LogP) is 4.17. The number of fused-ring (bicyclic) bond motifs is 2. The molecule has 0 unspecified atom stereocenters. The van der Waals surface area contributed by atoms with E-state index in [2.05, 4.69) is 58.1 Å². The maximum atomic E-state index is 4.40. The highest BCUT2D eigenvalue weighted by Gasteiger charge is 2.22. The average molecular weight is 374 g/mol. The molecule has 2 aromatic carbocycles. The van der Waals surface area contributed by atoms with Crippen LogP contribution in [0, 0.1) is 0 Å².